The Bertz CT molecular complexity index is 570. The van der Waals surface area contributed by atoms with E-state index in [0.717, 1.165) is 0 Å². The fraction of sp³-hybridized carbons (Fsp3) is 0. The Morgan fingerprint density at radius 1 is 0.556 bits per heavy atom. The molecular formula is C12H8Cl4N2. The number of hydrogen-bond donors (Lipinski definition) is 2. The fourth-order valence-electron chi connectivity index (χ4n) is 1.54. The average Bonchev–Trinajstić information content (AvgIpc) is 2.35. The quantitative estimate of drug-likeness (QED) is 0.715. The van der Waals surface area contributed by atoms with Crippen LogP contribution in [-0.4, -0.2) is 0 Å². The van der Waals surface area contributed by atoms with Crippen LogP contribution in [0, 0.1) is 0 Å². The summed E-state index contributed by atoms with van der Waals surface area (Å²) in [6, 6.07) is 6.78. The molecule has 0 aliphatic rings. The van der Waals surface area contributed by atoms with Gasteiger partial charge in [0.15, 0.2) is 0 Å². The van der Waals surface area contributed by atoms with Crippen LogP contribution >= 0.6 is 46.4 Å². The van der Waals surface area contributed by atoms with Gasteiger partial charge in [0.2, 0.25) is 0 Å². The second-order valence-corrected chi connectivity index (χ2v) is 5.17. The van der Waals surface area contributed by atoms with Gasteiger partial charge < -0.3 is 11.5 Å². The predicted molar refractivity (Wildman–Crippen MR) is 80.7 cm³/mol. The van der Waals surface area contributed by atoms with Crippen molar-refractivity contribution in [2.75, 3.05) is 11.5 Å². The van der Waals surface area contributed by atoms with Crippen molar-refractivity contribution in [1.29, 1.82) is 0 Å². The second-order valence-electron chi connectivity index (χ2n) is 3.66. The molecule has 0 saturated carbocycles. The normalized spacial score (nSPS) is 10.7. The lowest BCUT2D eigenvalue weighted by molar-refractivity contribution is 1.60. The molecule has 0 unspecified atom stereocenters. The van der Waals surface area contributed by atoms with Gasteiger partial charge in [0.25, 0.3) is 0 Å². The lowest BCUT2D eigenvalue weighted by Crippen LogP contribution is -1.92. The van der Waals surface area contributed by atoms with Gasteiger partial charge in [0.05, 0.1) is 31.5 Å². The van der Waals surface area contributed by atoms with E-state index in [1.807, 2.05) is 0 Å². The van der Waals surface area contributed by atoms with Crippen molar-refractivity contribution < 1.29 is 0 Å². The first-order valence-electron chi connectivity index (χ1n) is 4.90. The summed E-state index contributed by atoms with van der Waals surface area (Å²) in [7, 11) is 0. The highest BCUT2D eigenvalue weighted by Gasteiger charge is 2.15. The molecule has 2 aromatic rings. The van der Waals surface area contributed by atoms with Gasteiger partial charge in [-0.05, 0) is 12.1 Å². The summed E-state index contributed by atoms with van der Waals surface area (Å²) in [6.07, 6.45) is 0. The Morgan fingerprint density at radius 2 is 0.889 bits per heavy atom. The van der Waals surface area contributed by atoms with E-state index < -0.39 is 0 Å². The second kappa shape index (κ2) is 5.06. The number of anilines is 2. The van der Waals surface area contributed by atoms with E-state index in [2.05, 4.69) is 0 Å². The monoisotopic (exact) mass is 320 g/mol. The van der Waals surface area contributed by atoms with Crippen LogP contribution < -0.4 is 11.5 Å². The summed E-state index contributed by atoms with van der Waals surface area (Å²) in [6.45, 7) is 0. The molecule has 0 heterocycles. The molecule has 4 N–H and O–H groups in total. The maximum Gasteiger partial charge on any atom is 0.0827 e. The maximum atomic E-state index is 6.15. The third kappa shape index (κ3) is 2.21. The van der Waals surface area contributed by atoms with Gasteiger partial charge in [0, 0.05) is 11.1 Å². The molecule has 2 nitrogen and oxygen atoms in total. The molecule has 0 aliphatic carbocycles. The third-order valence-corrected chi connectivity index (χ3v) is 4.31. The summed E-state index contributed by atoms with van der Waals surface area (Å²) in [5.74, 6) is 0. The Kier molecular flexibility index (Phi) is 3.83. The highest BCUT2D eigenvalue weighted by molar-refractivity contribution is 6.47. The Morgan fingerprint density at radius 3 is 1.22 bits per heavy atom. The lowest BCUT2D eigenvalue weighted by atomic mass is 10.0. The number of benzene rings is 2. The number of nitrogen functional groups attached to an aromatic ring is 2. The molecule has 0 bridgehead atoms. The SMILES string of the molecule is Nc1ccc(-c2ccc(N)c(Cl)c2Cl)c(Cl)c1Cl. The van der Waals surface area contributed by atoms with Crippen molar-refractivity contribution in [2.45, 2.75) is 0 Å². The van der Waals surface area contributed by atoms with E-state index in [9.17, 15) is 0 Å². The Balaban J connectivity index is 2.71. The first kappa shape index (κ1) is 13.6. The minimum Gasteiger partial charge on any atom is -0.397 e. The van der Waals surface area contributed by atoms with Crippen LogP contribution in [-0.2, 0) is 0 Å². The van der Waals surface area contributed by atoms with Crippen molar-refractivity contribution in [1.82, 2.24) is 0 Å². The van der Waals surface area contributed by atoms with E-state index in [4.69, 9.17) is 57.9 Å². The molecule has 0 amide bonds. The fourth-order valence-corrected chi connectivity index (χ4v) is 2.42. The number of rotatable bonds is 1. The van der Waals surface area contributed by atoms with Crippen LogP contribution in [0.25, 0.3) is 11.1 Å². The first-order chi connectivity index (χ1) is 8.43. The highest BCUT2D eigenvalue weighted by Crippen LogP contribution is 2.43. The summed E-state index contributed by atoms with van der Waals surface area (Å²) >= 11 is 24.3. The van der Waals surface area contributed by atoms with Gasteiger partial charge in [-0.25, -0.2) is 0 Å². The smallest absolute Gasteiger partial charge is 0.0827 e. The number of nitrogens with two attached hydrogens (primary N) is 2. The van der Waals surface area contributed by atoms with E-state index in [0.29, 0.717) is 32.5 Å². The molecule has 0 atom stereocenters. The van der Waals surface area contributed by atoms with Crippen LogP contribution in [0.5, 0.6) is 0 Å². The molecule has 0 radical (unpaired) electrons. The van der Waals surface area contributed by atoms with Crippen LogP contribution in [0.4, 0.5) is 11.4 Å². The molecule has 18 heavy (non-hydrogen) atoms. The zero-order valence-corrected chi connectivity index (χ0v) is 12.0. The third-order valence-electron chi connectivity index (χ3n) is 2.51. The van der Waals surface area contributed by atoms with E-state index in [-0.39, 0.29) is 10.0 Å². The maximum absolute atomic E-state index is 6.15. The van der Waals surface area contributed by atoms with Crippen LogP contribution in [0.3, 0.4) is 0 Å². The van der Waals surface area contributed by atoms with E-state index in [1.54, 1.807) is 24.3 Å². The average molecular weight is 322 g/mol. The van der Waals surface area contributed by atoms with Gasteiger partial charge >= 0.3 is 0 Å². The zero-order valence-electron chi connectivity index (χ0n) is 8.98. The van der Waals surface area contributed by atoms with Crippen molar-refractivity contribution in [3.05, 3.63) is 44.4 Å². The molecule has 0 saturated heterocycles. The van der Waals surface area contributed by atoms with Crippen LogP contribution in [0.1, 0.15) is 0 Å². The van der Waals surface area contributed by atoms with E-state index in [1.165, 1.54) is 0 Å². The zero-order chi connectivity index (χ0) is 13.4. The minimum atomic E-state index is 0.290. The van der Waals surface area contributed by atoms with Crippen LogP contribution in [0.2, 0.25) is 20.1 Å². The van der Waals surface area contributed by atoms with Gasteiger partial charge in [-0.15, -0.1) is 0 Å². The lowest BCUT2D eigenvalue weighted by Gasteiger charge is -2.11. The molecule has 0 aliphatic heterocycles. The molecule has 2 rings (SSSR count). The van der Waals surface area contributed by atoms with Gasteiger partial charge in [-0.3, -0.25) is 0 Å². The summed E-state index contributed by atoms with van der Waals surface area (Å²) in [5.41, 5.74) is 13.5. The highest BCUT2D eigenvalue weighted by atomic mass is 35.5. The molecule has 0 fully saturated rings. The van der Waals surface area contributed by atoms with Crippen molar-refractivity contribution in [2.24, 2.45) is 0 Å². The topological polar surface area (TPSA) is 52.0 Å². The summed E-state index contributed by atoms with van der Waals surface area (Å²) in [4.78, 5) is 0. The summed E-state index contributed by atoms with van der Waals surface area (Å²) < 4.78 is 0. The molecule has 0 spiro atoms. The van der Waals surface area contributed by atoms with Gasteiger partial charge in [-0.2, -0.15) is 0 Å². The first-order valence-corrected chi connectivity index (χ1v) is 6.42. The number of halogens is 4. The largest absolute Gasteiger partial charge is 0.397 e. The summed E-state index contributed by atoms with van der Waals surface area (Å²) in [5, 5.41) is 1.25. The van der Waals surface area contributed by atoms with Crippen molar-refractivity contribution >= 4 is 57.8 Å². The Hall–Kier alpha value is -0.800. The molecule has 94 valence electrons. The van der Waals surface area contributed by atoms with E-state index >= 15 is 0 Å². The van der Waals surface area contributed by atoms with Crippen molar-refractivity contribution in [3.8, 4) is 11.1 Å². The minimum absolute atomic E-state index is 0.290. The van der Waals surface area contributed by atoms with Gasteiger partial charge in [-0.1, -0.05) is 58.5 Å². The molecule has 6 heteroatoms. The molecule has 2 aromatic carbocycles. The predicted octanol–water partition coefficient (Wildman–Crippen LogP) is 5.13. The standard InChI is InChI=1S/C12H8Cl4N2/c13-9-5(1-3-7(17)11(9)15)6-2-4-8(18)12(16)10(6)14/h1-4H,17-18H2. The van der Waals surface area contributed by atoms with Gasteiger partial charge in [0.1, 0.15) is 0 Å². The van der Waals surface area contributed by atoms with Crippen molar-refractivity contribution in [3.63, 3.8) is 0 Å². The number of hydrogen-bond acceptors (Lipinski definition) is 2. The molecular weight excluding hydrogens is 314 g/mol. The van der Waals surface area contributed by atoms with Crippen LogP contribution in [0.15, 0.2) is 24.3 Å². The molecule has 0 aromatic heterocycles. The Labute approximate surface area is 124 Å².